The Bertz CT molecular complexity index is 720. The zero-order valence-corrected chi connectivity index (χ0v) is 29.1. The zero-order chi connectivity index (χ0) is 31.6. The van der Waals surface area contributed by atoms with Gasteiger partial charge in [0.1, 0.15) is 19.0 Å². The van der Waals surface area contributed by atoms with Crippen LogP contribution in [-0.4, -0.2) is 45.6 Å². The van der Waals surface area contributed by atoms with Crippen LogP contribution in [0.2, 0.25) is 0 Å². The summed E-state index contributed by atoms with van der Waals surface area (Å²) in [6.45, 7) is 7.32. The van der Waals surface area contributed by atoms with Gasteiger partial charge in [0.05, 0.1) is 26.4 Å². The summed E-state index contributed by atoms with van der Waals surface area (Å²) in [6, 6.07) is 8.46. The number of esters is 1. The highest BCUT2D eigenvalue weighted by atomic mass is 16.6. The fraction of sp³-hybridized carbons (Fsp3) is 0.821. The van der Waals surface area contributed by atoms with Crippen molar-refractivity contribution in [1.29, 1.82) is 0 Å². The molecule has 0 amide bonds. The first-order valence-corrected chi connectivity index (χ1v) is 18.8. The number of hydrogen-bond donors (Lipinski definition) is 0. The zero-order valence-electron chi connectivity index (χ0n) is 29.1. The molecule has 1 aromatic rings. The second-order valence-electron chi connectivity index (χ2n) is 12.5. The summed E-state index contributed by atoms with van der Waals surface area (Å²) in [5.74, 6) is 0.779. The first-order chi connectivity index (χ1) is 21.8. The Morgan fingerprint density at radius 3 is 1.39 bits per heavy atom. The van der Waals surface area contributed by atoms with Crippen molar-refractivity contribution in [2.45, 2.75) is 168 Å². The molecule has 0 spiro atoms. The van der Waals surface area contributed by atoms with Gasteiger partial charge in [0.2, 0.25) is 0 Å². The van der Waals surface area contributed by atoms with Crippen molar-refractivity contribution in [1.82, 2.24) is 0 Å². The van der Waals surface area contributed by atoms with E-state index >= 15 is 0 Å². The van der Waals surface area contributed by atoms with Crippen molar-refractivity contribution in [3.63, 3.8) is 0 Å². The van der Waals surface area contributed by atoms with E-state index < -0.39 is 0 Å². The lowest BCUT2D eigenvalue weighted by atomic mass is 10.0. The Balaban J connectivity index is 1.79. The fourth-order valence-electron chi connectivity index (χ4n) is 5.51. The van der Waals surface area contributed by atoms with Crippen molar-refractivity contribution < 1.29 is 23.7 Å². The molecule has 0 radical (unpaired) electrons. The Morgan fingerprint density at radius 1 is 0.477 bits per heavy atom. The average molecular weight is 619 g/mol. The molecule has 0 heterocycles. The Hall–Kier alpha value is -1.59. The molecule has 0 N–H and O–H groups in total. The first-order valence-electron chi connectivity index (χ1n) is 18.8. The highest BCUT2D eigenvalue weighted by Gasteiger charge is 2.03. The summed E-state index contributed by atoms with van der Waals surface area (Å²) in [5, 5.41) is 0. The van der Waals surface area contributed by atoms with Crippen LogP contribution in [0.1, 0.15) is 167 Å². The van der Waals surface area contributed by atoms with Gasteiger partial charge in [0.15, 0.2) is 0 Å². The van der Waals surface area contributed by atoms with Gasteiger partial charge in [0, 0.05) is 6.42 Å². The number of carbonyl (C=O) groups is 1. The van der Waals surface area contributed by atoms with Crippen LogP contribution < -0.4 is 4.74 Å². The standard InChI is InChI=1S/C39H70O5/c1-3-5-7-9-11-12-13-14-15-16-17-18-20-22-24-26-39(40)44-36-34-42-32-31-41-33-35-43-38-29-27-37(28-30-38)25-23-21-19-10-8-6-4-2/h27-30H,3-26,31-36H2,1-2H3. The third-order valence-corrected chi connectivity index (χ3v) is 8.34. The molecular formula is C39H70O5. The molecule has 0 bridgehead atoms. The maximum absolute atomic E-state index is 11.9. The van der Waals surface area contributed by atoms with Gasteiger partial charge < -0.3 is 18.9 Å². The Labute approximate surface area is 272 Å². The Morgan fingerprint density at radius 2 is 0.886 bits per heavy atom. The number of benzene rings is 1. The normalized spacial score (nSPS) is 11.2. The number of hydrogen-bond acceptors (Lipinski definition) is 5. The van der Waals surface area contributed by atoms with Gasteiger partial charge in [-0.25, -0.2) is 0 Å². The molecule has 1 rings (SSSR count). The Kier molecular flexibility index (Phi) is 30.1. The molecule has 1 aromatic carbocycles. The second kappa shape index (κ2) is 32.8. The number of unbranched alkanes of at least 4 members (excludes halogenated alkanes) is 20. The average Bonchev–Trinajstić information content (AvgIpc) is 3.04. The number of carbonyl (C=O) groups excluding carboxylic acids is 1. The molecule has 44 heavy (non-hydrogen) atoms. The molecule has 0 aromatic heterocycles. The van der Waals surface area contributed by atoms with Crippen molar-refractivity contribution >= 4 is 5.97 Å². The lowest BCUT2D eigenvalue weighted by Gasteiger charge is -2.09. The summed E-state index contributed by atoms with van der Waals surface area (Å²) in [4.78, 5) is 11.9. The van der Waals surface area contributed by atoms with Crippen LogP contribution in [-0.2, 0) is 25.4 Å². The van der Waals surface area contributed by atoms with Gasteiger partial charge in [-0.3, -0.25) is 4.79 Å². The lowest BCUT2D eigenvalue weighted by Crippen LogP contribution is -2.14. The molecule has 0 aliphatic rings. The van der Waals surface area contributed by atoms with Gasteiger partial charge in [-0.1, -0.05) is 154 Å². The molecule has 256 valence electrons. The van der Waals surface area contributed by atoms with Crippen LogP contribution in [0.4, 0.5) is 0 Å². The minimum Gasteiger partial charge on any atom is -0.491 e. The summed E-state index contributed by atoms with van der Waals surface area (Å²) >= 11 is 0. The molecule has 0 aliphatic heterocycles. The lowest BCUT2D eigenvalue weighted by molar-refractivity contribution is -0.145. The first kappa shape index (κ1) is 40.4. The van der Waals surface area contributed by atoms with E-state index in [1.54, 1.807) is 0 Å². The molecule has 0 fully saturated rings. The minimum absolute atomic E-state index is 0.109. The maximum atomic E-state index is 11.9. The predicted octanol–water partition coefficient (Wildman–Crippen LogP) is 11.2. The number of aryl methyl sites for hydroxylation is 1. The molecule has 5 nitrogen and oxygen atoms in total. The van der Waals surface area contributed by atoms with E-state index in [2.05, 4.69) is 38.1 Å². The summed E-state index contributed by atoms with van der Waals surface area (Å²) in [5.41, 5.74) is 1.38. The van der Waals surface area contributed by atoms with E-state index in [1.165, 1.54) is 134 Å². The van der Waals surface area contributed by atoms with Crippen molar-refractivity contribution in [3.8, 4) is 5.75 Å². The smallest absolute Gasteiger partial charge is 0.305 e. The van der Waals surface area contributed by atoms with Crippen molar-refractivity contribution in [2.75, 3.05) is 39.6 Å². The highest BCUT2D eigenvalue weighted by molar-refractivity contribution is 5.69. The third kappa shape index (κ3) is 27.9. The summed E-state index contributed by atoms with van der Waals surface area (Å²) < 4.78 is 22.2. The van der Waals surface area contributed by atoms with Gasteiger partial charge in [-0.05, 0) is 37.0 Å². The second-order valence-corrected chi connectivity index (χ2v) is 12.5. The van der Waals surface area contributed by atoms with Crippen LogP contribution >= 0.6 is 0 Å². The van der Waals surface area contributed by atoms with Crippen molar-refractivity contribution in [2.24, 2.45) is 0 Å². The molecular weight excluding hydrogens is 548 g/mol. The highest BCUT2D eigenvalue weighted by Crippen LogP contribution is 2.16. The largest absolute Gasteiger partial charge is 0.491 e. The fourth-order valence-corrected chi connectivity index (χ4v) is 5.51. The topological polar surface area (TPSA) is 54.0 Å². The van der Waals surface area contributed by atoms with Gasteiger partial charge in [-0.15, -0.1) is 0 Å². The SMILES string of the molecule is CCCCCCCCCCCCCCCCCC(=O)OCCOCCOCCOc1ccc(CCCCCCCCC)cc1. The molecule has 5 heteroatoms. The van der Waals surface area contributed by atoms with E-state index in [9.17, 15) is 4.79 Å². The van der Waals surface area contributed by atoms with Gasteiger partial charge in [-0.2, -0.15) is 0 Å². The van der Waals surface area contributed by atoms with Crippen LogP contribution in [0.5, 0.6) is 5.75 Å². The summed E-state index contributed by atoms with van der Waals surface area (Å²) in [6.07, 6.45) is 31.0. The maximum Gasteiger partial charge on any atom is 0.305 e. The molecule has 0 saturated heterocycles. The van der Waals surface area contributed by atoms with E-state index in [0.29, 0.717) is 46.1 Å². The molecule has 0 unspecified atom stereocenters. The van der Waals surface area contributed by atoms with E-state index in [1.807, 2.05) is 0 Å². The van der Waals surface area contributed by atoms with Gasteiger partial charge >= 0.3 is 5.97 Å². The summed E-state index contributed by atoms with van der Waals surface area (Å²) in [7, 11) is 0. The minimum atomic E-state index is -0.109. The van der Waals surface area contributed by atoms with E-state index in [4.69, 9.17) is 18.9 Å². The number of rotatable bonds is 34. The molecule has 0 aliphatic carbocycles. The quantitative estimate of drug-likeness (QED) is 0.0568. The predicted molar refractivity (Wildman–Crippen MR) is 186 cm³/mol. The van der Waals surface area contributed by atoms with Gasteiger partial charge in [0.25, 0.3) is 0 Å². The van der Waals surface area contributed by atoms with Crippen LogP contribution in [0.3, 0.4) is 0 Å². The van der Waals surface area contributed by atoms with Crippen LogP contribution in [0, 0.1) is 0 Å². The number of ether oxygens (including phenoxy) is 4. The van der Waals surface area contributed by atoms with Crippen LogP contribution in [0.15, 0.2) is 24.3 Å². The van der Waals surface area contributed by atoms with E-state index in [-0.39, 0.29) is 5.97 Å². The molecule has 0 atom stereocenters. The molecule has 0 saturated carbocycles. The third-order valence-electron chi connectivity index (χ3n) is 8.34. The van der Waals surface area contributed by atoms with Crippen LogP contribution in [0.25, 0.3) is 0 Å². The monoisotopic (exact) mass is 619 g/mol. The van der Waals surface area contributed by atoms with Crippen molar-refractivity contribution in [3.05, 3.63) is 29.8 Å². The van der Waals surface area contributed by atoms with E-state index in [0.717, 1.165) is 25.0 Å².